The van der Waals surface area contributed by atoms with Gasteiger partial charge in [0.1, 0.15) is 5.82 Å². The van der Waals surface area contributed by atoms with Crippen LogP contribution in [0.25, 0.3) is 0 Å². The molecule has 2 N–H and O–H groups in total. The van der Waals surface area contributed by atoms with Crippen molar-refractivity contribution in [3.8, 4) is 0 Å². The lowest BCUT2D eigenvalue weighted by molar-refractivity contribution is 0.399. The molecule has 0 saturated carbocycles. The molecule has 21 heavy (non-hydrogen) atoms. The Kier molecular flexibility index (Phi) is 4.73. The van der Waals surface area contributed by atoms with Gasteiger partial charge in [-0.05, 0) is 38.0 Å². The van der Waals surface area contributed by atoms with E-state index in [1.165, 1.54) is 12.3 Å². The fraction of sp³-hybridized carbons (Fsp3) is 0.500. The van der Waals surface area contributed by atoms with Crippen molar-refractivity contribution in [3.63, 3.8) is 0 Å². The predicted molar refractivity (Wildman–Crippen MR) is 81.3 cm³/mol. The Bertz CT molecular complexity index is 578. The van der Waals surface area contributed by atoms with Crippen LogP contribution in [0.4, 0.5) is 4.39 Å². The quantitative estimate of drug-likeness (QED) is 0.889. The average Bonchev–Trinajstić information content (AvgIpc) is 2.95. The van der Waals surface area contributed by atoms with Crippen LogP contribution in [0.2, 0.25) is 0 Å². The second-order valence-corrected chi connectivity index (χ2v) is 5.59. The van der Waals surface area contributed by atoms with E-state index < -0.39 is 5.54 Å². The molecule has 2 heterocycles. The van der Waals surface area contributed by atoms with Crippen molar-refractivity contribution in [1.29, 1.82) is 0 Å². The Hall–Kier alpha value is -1.75. The molecule has 0 amide bonds. The van der Waals surface area contributed by atoms with E-state index in [1.807, 2.05) is 23.9 Å². The molecule has 0 bridgehead atoms. The highest BCUT2D eigenvalue weighted by molar-refractivity contribution is 5.19. The normalized spacial score (nSPS) is 15.7. The first kappa shape index (κ1) is 15.6. The first-order chi connectivity index (χ1) is 9.98. The number of hydrogen-bond donors (Lipinski definition) is 1. The van der Waals surface area contributed by atoms with E-state index in [2.05, 4.69) is 23.9 Å². The summed E-state index contributed by atoms with van der Waals surface area (Å²) >= 11 is 0. The van der Waals surface area contributed by atoms with E-state index in [0.717, 1.165) is 12.1 Å². The zero-order chi connectivity index (χ0) is 15.5. The highest BCUT2D eigenvalue weighted by Crippen LogP contribution is 2.25. The van der Waals surface area contributed by atoms with Crippen LogP contribution in [-0.2, 0) is 12.0 Å². The summed E-state index contributed by atoms with van der Waals surface area (Å²) in [6, 6.07) is 5.42. The molecule has 0 aliphatic heterocycles. The maximum absolute atomic E-state index is 13.0. The minimum Gasteiger partial charge on any atom is -0.320 e. The molecule has 0 saturated heterocycles. The molecule has 0 fully saturated rings. The monoisotopic (exact) mass is 290 g/mol. The SMILES string of the molecule is CCC(C)n1ccc(CC(N)(CC)c2ccc(F)cn2)n1. The molecular weight excluding hydrogens is 267 g/mol. The summed E-state index contributed by atoms with van der Waals surface area (Å²) in [5, 5.41) is 4.59. The van der Waals surface area contributed by atoms with Crippen LogP contribution in [0, 0.1) is 5.82 Å². The molecule has 0 aliphatic carbocycles. The molecule has 0 aliphatic rings. The topological polar surface area (TPSA) is 56.7 Å². The van der Waals surface area contributed by atoms with Gasteiger partial charge < -0.3 is 5.73 Å². The Morgan fingerprint density at radius 2 is 2.10 bits per heavy atom. The molecular formula is C16H23FN4. The second-order valence-electron chi connectivity index (χ2n) is 5.59. The first-order valence-electron chi connectivity index (χ1n) is 7.43. The van der Waals surface area contributed by atoms with Gasteiger partial charge in [-0.1, -0.05) is 13.8 Å². The van der Waals surface area contributed by atoms with Crippen LogP contribution >= 0.6 is 0 Å². The molecule has 0 spiro atoms. The Morgan fingerprint density at radius 3 is 2.67 bits per heavy atom. The molecule has 0 radical (unpaired) electrons. The van der Waals surface area contributed by atoms with Gasteiger partial charge in [-0.15, -0.1) is 0 Å². The van der Waals surface area contributed by atoms with E-state index in [4.69, 9.17) is 5.73 Å². The smallest absolute Gasteiger partial charge is 0.141 e. The van der Waals surface area contributed by atoms with Gasteiger partial charge in [-0.2, -0.15) is 5.10 Å². The third-order valence-corrected chi connectivity index (χ3v) is 4.07. The van der Waals surface area contributed by atoms with Crippen LogP contribution in [0.15, 0.2) is 30.6 Å². The number of aromatic nitrogens is 3. The molecule has 114 valence electrons. The summed E-state index contributed by atoms with van der Waals surface area (Å²) in [5.74, 6) is -0.349. The van der Waals surface area contributed by atoms with Crippen molar-refractivity contribution in [2.24, 2.45) is 5.73 Å². The number of halogens is 1. The molecule has 2 atom stereocenters. The highest BCUT2D eigenvalue weighted by atomic mass is 19.1. The lowest BCUT2D eigenvalue weighted by Gasteiger charge is -2.26. The van der Waals surface area contributed by atoms with E-state index in [9.17, 15) is 4.39 Å². The molecule has 4 nitrogen and oxygen atoms in total. The van der Waals surface area contributed by atoms with Crippen molar-refractivity contribution in [2.45, 2.75) is 51.6 Å². The second kappa shape index (κ2) is 6.35. The van der Waals surface area contributed by atoms with E-state index in [-0.39, 0.29) is 5.82 Å². The van der Waals surface area contributed by atoms with Gasteiger partial charge in [0, 0.05) is 18.7 Å². The lowest BCUT2D eigenvalue weighted by Crippen LogP contribution is -2.39. The van der Waals surface area contributed by atoms with Crippen LogP contribution < -0.4 is 5.73 Å². The maximum atomic E-state index is 13.0. The van der Waals surface area contributed by atoms with E-state index in [0.29, 0.717) is 24.6 Å². The fourth-order valence-electron chi connectivity index (χ4n) is 2.29. The number of rotatable bonds is 6. The molecule has 0 aromatic carbocycles. The standard InChI is InChI=1S/C16H23FN4/c1-4-12(3)21-9-8-14(20-21)10-16(18,5-2)15-7-6-13(17)11-19-15/h6-9,11-12H,4-5,10,18H2,1-3H3. The van der Waals surface area contributed by atoms with Crippen molar-refractivity contribution in [1.82, 2.24) is 14.8 Å². The van der Waals surface area contributed by atoms with E-state index in [1.54, 1.807) is 6.07 Å². The maximum Gasteiger partial charge on any atom is 0.141 e. The zero-order valence-corrected chi connectivity index (χ0v) is 12.9. The summed E-state index contributed by atoms with van der Waals surface area (Å²) in [5.41, 5.74) is 7.50. The third kappa shape index (κ3) is 3.47. The van der Waals surface area contributed by atoms with Gasteiger partial charge in [0.05, 0.1) is 23.1 Å². The number of hydrogen-bond acceptors (Lipinski definition) is 3. The summed E-state index contributed by atoms with van der Waals surface area (Å²) in [7, 11) is 0. The molecule has 2 aromatic rings. The van der Waals surface area contributed by atoms with Crippen molar-refractivity contribution >= 4 is 0 Å². The largest absolute Gasteiger partial charge is 0.320 e. The van der Waals surface area contributed by atoms with Gasteiger partial charge >= 0.3 is 0 Å². The lowest BCUT2D eigenvalue weighted by atomic mass is 9.87. The van der Waals surface area contributed by atoms with Crippen LogP contribution in [-0.4, -0.2) is 14.8 Å². The van der Waals surface area contributed by atoms with Crippen molar-refractivity contribution in [2.75, 3.05) is 0 Å². The van der Waals surface area contributed by atoms with Gasteiger partial charge in [-0.3, -0.25) is 9.67 Å². The molecule has 2 unspecified atom stereocenters. The van der Waals surface area contributed by atoms with Crippen LogP contribution in [0.1, 0.15) is 51.0 Å². The minimum atomic E-state index is -0.623. The predicted octanol–water partition coefficient (Wildman–Crippen LogP) is 3.19. The van der Waals surface area contributed by atoms with Crippen molar-refractivity contribution < 1.29 is 4.39 Å². The Morgan fingerprint density at radius 1 is 1.33 bits per heavy atom. The third-order valence-electron chi connectivity index (χ3n) is 4.07. The fourth-order valence-corrected chi connectivity index (χ4v) is 2.29. The van der Waals surface area contributed by atoms with Gasteiger partial charge in [0.25, 0.3) is 0 Å². The number of nitrogens with zero attached hydrogens (tertiary/aromatic N) is 3. The average molecular weight is 290 g/mol. The summed E-state index contributed by atoms with van der Waals surface area (Å²) in [4.78, 5) is 4.14. The van der Waals surface area contributed by atoms with Crippen LogP contribution in [0.3, 0.4) is 0 Å². The van der Waals surface area contributed by atoms with Gasteiger partial charge in [0.2, 0.25) is 0 Å². The number of nitrogens with two attached hydrogens (primary N) is 1. The number of pyridine rings is 1. The summed E-state index contributed by atoms with van der Waals surface area (Å²) in [6.07, 6.45) is 5.53. The highest BCUT2D eigenvalue weighted by Gasteiger charge is 2.28. The zero-order valence-electron chi connectivity index (χ0n) is 12.9. The van der Waals surface area contributed by atoms with Crippen molar-refractivity contribution in [3.05, 3.63) is 47.8 Å². The van der Waals surface area contributed by atoms with Crippen LogP contribution in [0.5, 0.6) is 0 Å². The first-order valence-corrected chi connectivity index (χ1v) is 7.43. The Labute approximate surface area is 125 Å². The van der Waals surface area contributed by atoms with Gasteiger partial charge in [-0.25, -0.2) is 4.39 Å². The minimum absolute atomic E-state index is 0.349. The van der Waals surface area contributed by atoms with Gasteiger partial charge in [0.15, 0.2) is 0 Å². The molecule has 2 aromatic heterocycles. The van der Waals surface area contributed by atoms with E-state index >= 15 is 0 Å². The summed E-state index contributed by atoms with van der Waals surface area (Å²) < 4.78 is 15.0. The molecule has 5 heteroatoms. The Balaban J connectivity index is 2.21. The molecule has 2 rings (SSSR count). The summed E-state index contributed by atoms with van der Waals surface area (Å²) in [6.45, 7) is 6.28.